The number of benzene rings is 1. The summed E-state index contributed by atoms with van der Waals surface area (Å²) in [6.07, 6.45) is 2.12. The molecule has 2 N–H and O–H groups in total. The first-order valence-electron chi connectivity index (χ1n) is 7.47. The maximum absolute atomic E-state index is 6.20. The third-order valence-electron chi connectivity index (χ3n) is 3.79. The summed E-state index contributed by atoms with van der Waals surface area (Å²) in [5.41, 5.74) is 11.4. The van der Waals surface area contributed by atoms with Gasteiger partial charge in [-0.25, -0.2) is 9.67 Å². The number of hydrogen-bond donors (Lipinski definition) is 1. The Kier molecular flexibility index (Phi) is 3.41. The molecule has 0 saturated carbocycles. The molecule has 3 rings (SSSR count). The van der Waals surface area contributed by atoms with Crippen molar-refractivity contribution in [2.45, 2.75) is 40.2 Å². The van der Waals surface area contributed by atoms with Gasteiger partial charge in [0.2, 0.25) is 5.95 Å². The lowest BCUT2D eigenvalue weighted by atomic mass is 10.1. The highest BCUT2D eigenvalue weighted by Crippen LogP contribution is 2.27. The highest BCUT2D eigenvalue weighted by Gasteiger charge is 2.19. The van der Waals surface area contributed by atoms with Crippen molar-refractivity contribution in [2.24, 2.45) is 0 Å². The normalized spacial score (nSPS) is 11.4. The SMILES string of the molecule is CCCc1ccccc1-n1c(N)nc2c(C)nn(CC)c21. The van der Waals surface area contributed by atoms with Gasteiger partial charge in [0.25, 0.3) is 0 Å². The average molecular weight is 283 g/mol. The van der Waals surface area contributed by atoms with Crippen molar-refractivity contribution >= 4 is 17.1 Å². The predicted molar refractivity (Wildman–Crippen MR) is 85.7 cm³/mol. The molecule has 0 atom stereocenters. The first-order chi connectivity index (χ1) is 10.2. The second-order valence-corrected chi connectivity index (χ2v) is 5.26. The molecule has 0 saturated heterocycles. The van der Waals surface area contributed by atoms with Crippen LogP contribution in [0, 0.1) is 6.92 Å². The van der Waals surface area contributed by atoms with Gasteiger partial charge >= 0.3 is 0 Å². The van der Waals surface area contributed by atoms with E-state index in [0.29, 0.717) is 5.95 Å². The number of nitrogens with zero attached hydrogens (tertiary/aromatic N) is 4. The lowest BCUT2D eigenvalue weighted by Crippen LogP contribution is -2.08. The highest BCUT2D eigenvalue weighted by atomic mass is 15.4. The van der Waals surface area contributed by atoms with Crippen LogP contribution in [-0.4, -0.2) is 19.3 Å². The van der Waals surface area contributed by atoms with Crippen LogP contribution in [0.4, 0.5) is 5.95 Å². The van der Waals surface area contributed by atoms with E-state index in [2.05, 4.69) is 42.1 Å². The van der Waals surface area contributed by atoms with Gasteiger partial charge in [-0.15, -0.1) is 0 Å². The van der Waals surface area contributed by atoms with Crippen LogP contribution in [0.3, 0.4) is 0 Å². The lowest BCUT2D eigenvalue weighted by molar-refractivity contribution is 0.663. The molecule has 5 heteroatoms. The molecule has 0 amide bonds. The van der Waals surface area contributed by atoms with E-state index < -0.39 is 0 Å². The molecule has 0 aliphatic heterocycles. The molecule has 2 aromatic heterocycles. The molecule has 0 radical (unpaired) electrons. The summed E-state index contributed by atoms with van der Waals surface area (Å²) in [5.74, 6) is 0.524. The smallest absolute Gasteiger partial charge is 0.207 e. The summed E-state index contributed by atoms with van der Waals surface area (Å²) in [6.45, 7) is 7.04. The standard InChI is InChI=1S/C16H21N5/c1-4-8-12-9-6-7-10-13(12)21-15-14(18-16(21)17)11(3)19-20(15)5-2/h6-7,9-10H,4-5,8H2,1-3H3,(H2,17,18). The molecule has 1 aromatic carbocycles. The van der Waals surface area contributed by atoms with Crippen molar-refractivity contribution in [3.63, 3.8) is 0 Å². The quantitative estimate of drug-likeness (QED) is 0.800. The van der Waals surface area contributed by atoms with E-state index in [-0.39, 0.29) is 0 Å². The Bertz CT molecular complexity index is 781. The Morgan fingerprint density at radius 3 is 2.67 bits per heavy atom. The van der Waals surface area contributed by atoms with E-state index in [1.165, 1.54) is 5.56 Å². The number of imidazole rings is 1. The van der Waals surface area contributed by atoms with Crippen molar-refractivity contribution < 1.29 is 0 Å². The molecule has 0 aliphatic carbocycles. The molecule has 110 valence electrons. The molecule has 0 bridgehead atoms. The third-order valence-corrected chi connectivity index (χ3v) is 3.79. The summed E-state index contributed by atoms with van der Waals surface area (Å²) >= 11 is 0. The summed E-state index contributed by atoms with van der Waals surface area (Å²) in [7, 11) is 0. The molecule has 0 aliphatic rings. The fourth-order valence-corrected chi connectivity index (χ4v) is 2.85. The van der Waals surface area contributed by atoms with Gasteiger partial charge in [-0.05, 0) is 31.9 Å². The zero-order chi connectivity index (χ0) is 15.0. The van der Waals surface area contributed by atoms with Gasteiger partial charge in [0.05, 0.1) is 11.4 Å². The first-order valence-corrected chi connectivity index (χ1v) is 7.47. The maximum Gasteiger partial charge on any atom is 0.207 e. The van der Waals surface area contributed by atoms with Gasteiger partial charge in [0.1, 0.15) is 5.52 Å². The van der Waals surface area contributed by atoms with Crippen molar-refractivity contribution in [3.8, 4) is 5.69 Å². The van der Waals surface area contributed by atoms with E-state index in [4.69, 9.17) is 5.73 Å². The number of anilines is 1. The Morgan fingerprint density at radius 1 is 1.19 bits per heavy atom. The highest BCUT2D eigenvalue weighted by molar-refractivity contribution is 5.80. The molecular formula is C16H21N5. The van der Waals surface area contributed by atoms with Gasteiger partial charge in [-0.1, -0.05) is 31.5 Å². The number of aromatic nitrogens is 4. The summed E-state index contributed by atoms with van der Waals surface area (Å²) in [4.78, 5) is 4.52. The molecule has 0 fully saturated rings. The van der Waals surface area contributed by atoms with Crippen molar-refractivity contribution in [2.75, 3.05) is 5.73 Å². The summed E-state index contributed by atoms with van der Waals surface area (Å²) in [6, 6.07) is 8.37. The predicted octanol–water partition coefficient (Wildman–Crippen LogP) is 3.09. The number of fused-ring (bicyclic) bond motifs is 1. The van der Waals surface area contributed by atoms with Crippen molar-refractivity contribution in [3.05, 3.63) is 35.5 Å². The van der Waals surface area contributed by atoms with Crippen LogP contribution in [0.1, 0.15) is 31.5 Å². The Labute approximate surface area is 124 Å². The third kappa shape index (κ3) is 2.09. The van der Waals surface area contributed by atoms with Gasteiger partial charge in [-0.2, -0.15) is 5.10 Å². The van der Waals surface area contributed by atoms with Gasteiger partial charge in [0.15, 0.2) is 5.65 Å². The fourth-order valence-electron chi connectivity index (χ4n) is 2.85. The number of para-hydroxylation sites is 1. The van der Waals surface area contributed by atoms with Gasteiger partial charge < -0.3 is 5.73 Å². The minimum absolute atomic E-state index is 0.524. The molecule has 2 heterocycles. The number of rotatable bonds is 4. The molecule has 0 unspecified atom stereocenters. The average Bonchev–Trinajstić information content (AvgIpc) is 2.97. The van der Waals surface area contributed by atoms with Gasteiger partial charge in [-0.3, -0.25) is 4.57 Å². The van der Waals surface area contributed by atoms with Crippen molar-refractivity contribution in [1.29, 1.82) is 0 Å². The van der Waals surface area contributed by atoms with Gasteiger partial charge in [0, 0.05) is 6.54 Å². The van der Waals surface area contributed by atoms with Crippen LogP contribution in [0.2, 0.25) is 0 Å². The largest absolute Gasteiger partial charge is 0.369 e. The Balaban J connectivity index is 2.32. The monoisotopic (exact) mass is 283 g/mol. The molecular weight excluding hydrogens is 262 g/mol. The number of hydrogen-bond acceptors (Lipinski definition) is 3. The van der Waals surface area contributed by atoms with Crippen LogP contribution in [0.25, 0.3) is 16.9 Å². The van der Waals surface area contributed by atoms with Crippen LogP contribution in [0.5, 0.6) is 0 Å². The second-order valence-electron chi connectivity index (χ2n) is 5.26. The summed E-state index contributed by atoms with van der Waals surface area (Å²) in [5, 5.41) is 4.55. The zero-order valence-electron chi connectivity index (χ0n) is 12.8. The van der Waals surface area contributed by atoms with E-state index in [0.717, 1.165) is 41.9 Å². The minimum Gasteiger partial charge on any atom is -0.369 e. The zero-order valence-corrected chi connectivity index (χ0v) is 12.8. The topological polar surface area (TPSA) is 61.7 Å². The van der Waals surface area contributed by atoms with E-state index in [1.54, 1.807) is 0 Å². The second kappa shape index (κ2) is 5.24. The van der Waals surface area contributed by atoms with Crippen LogP contribution >= 0.6 is 0 Å². The molecule has 0 spiro atoms. The Hall–Kier alpha value is -2.30. The van der Waals surface area contributed by atoms with Crippen LogP contribution < -0.4 is 5.73 Å². The lowest BCUT2D eigenvalue weighted by Gasteiger charge is -2.12. The number of nitrogens with two attached hydrogens (primary N) is 1. The van der Waals surface area contributed by atoms with E-state index in [1.807, 2.05) is 22.2 Å². The first kappa shape index (κ1) is 13.7. The molecule has 5 nitrogen and oxygen atoms in total. The van der Waals surface area contributed by atoms with Crippen LogP contribution in [-0.2, 0) is 13.0 Å². The summed E-state index contributed by atoms with van der Waals surface area (Å²) < 4.78 is 4.00. The van der Waals surface area contributed by atoms with E-state index >= 15 is 0 Å². The number of aryl methyl sites for hydroxylation is 3. The van der Waals surface area contributed by atoms with E-state index in [9.17, 15) is 0 Å². The van der Waals surface area contributed by atoms with Crippen LogP contribution in [0.15, 0.2) is 24.3 Å². The number of nitrogen functional groups attached to an aromatic ring is 1. The Morgan fingerprint density at radius 2 is 1.95 bits per heavy atom. The van der Waals surface area contributed by atoms with Crippen molar-refractivity contribution in [1.82, 2.24) is 19.3 Å². The molecule has 3 aromatic rings. The molecule has 21 heavy (non-hydrogen) atoms. The maximum atomic E-state index is 6.20. The minimum atomic E-state index is 0.524. The fraction of sp³-hybridized carbons (Fsp3) is 0.375.